The van der Waals surface area contributed by atoms with Crippen molar-refractivity contribution >= 4 is 0 Å². The molecule has 0 saturated carbocycles. The Morgan fingerprint density at radius 2 is 1.55 bits per heavy atom. The van der Waals surface area contributed by atoms with E-state index in [2.05, 4.69) is 59.1 Å². The number of rotatable bonds is 11. The van der Waals surface area contributed by atoms with Crippen molar-refractivity contribution < 1.29 is 0 Å². The second kappa shape index (κ2) is 10.6. The third-order valence-corrected chi connectivity index (χ3v) is 3.85. The molecule has 0 heterocycles. The second-order valence-electron chi connectivity index (χ2n) is 7.74. The summed E-state index contributed by atoms with van der Waals surface area (Å²) in [5.74, 6) is 0.710. The van der Waals surface area contributed by atoms with Crippen LogP contribution in [-0.2, 0) is 0 Å². The summed E-state index contributed by atoms with van der Waals surface area (Å²) in [7, 11) is 0. The number of unbranched alkanes of at least 4 members (excludes halogenated alkanes) is 2. The first-order chi connectivity index (χ1) is 9.26. The predicted molar refractivity (Wildman–Crippen MR) is 92.4 cm³/mol. The van der Waals surface area contributed by atoms with Crippen LogP contribution >= 0.6 is 0 Å². The standard InChI is InChI=1S/C18H40N2/c1-8-9-10-14-19-16(4)12-11-13-17(15(2)3)20-18(5,6)7/h15-17,19-20H,8-14H2,1-7H3. The molecule has 20 heavy (non-hydrogen) atoms. The molecule has 0 bridgehead atoms. The third kappa shape index (κ3) is 11.7. The Balaban J connectivity index is 3.82. The quantitative estimate of drug-likeness (QED) is 0.536. The average Bonchev–Trinajstić information content (AvgIpc) is 2.32. The van der Waals surface area contributed by atoms with Gasteiger partial charge in [-0.3, -0.25) is 0 Å². The van der Waals surface area contributed by atoms with Crippen molar-refractivity contribution in [3.8, 4) is 0 Å². The molecule has 0 spiro atoms. The van der Waals surface area contributed by atoms with Crippen LogP contribution in [0.4, 0.5) is 0 Å². The highest BCUT2D eigenvalue weighted by molar-refractivity contribution is 4.80. The maximum Gasteiger partial charge on any atom is 0.00992 e. The zero-order chi connectivity index (χ0) is 15.6. The Labute approximate surface area is 128 Å². The van der Waals surface area contributed by atoms with E-state index in [0.717, 1.165) is 0 Å². The van der Waals surface area contributed by atoms with Gasteiger partial charge in [0.25, 0.3) is 0 Å². The molecule has 2 atom stereocenters. The molecular weight excluding hydrogens is 244 g/mol. The van der Waals surface area contributed by atoms with Gasteiger partial charge < -0.3 is 10.6 Å². The zero-order valence-corrected chi connectivity index (χ0v) is 15.2. The van der Waals surface area contributed by atoms with Crippen LogP contribution in [-0.4, -0.2) is 24.2 Å². The largest absolute Gasteiger partial charge is 0.314 e. The maximum absolute atomic E-state index is 3.77. The van der Waals surface area contributed by atoms with E-state index in [0.29, 0.717) is 18.0 Å². The molecule has 0 aliphatic heterocycles. The molecular formula is C18H40N2. The molecule has 122 valence electrons. The summed E-state index contributed by atoms with van der Waals surface area (Å²) < 4.78 is 0. The average molecular weight is 285 g/mol. The van der Waals surface area contributed by atoms with Gasteiger partial charge in [-0.15, -0.1) is 0 Å². The summed E-state index contributed by atoms with van der Waals surface area (Å²) in [6.45, 7) is 17.2. The van der Waals surface area contributed by atoms with Crippen LogP contribution in [0.15, 0.2) is 0 Å². The van der Waals surface area contributed by atoms with Gasteiger partial charge in [0.1, 0.15) is 0 Å². The smallest absolute Gasteiger partial charge is 0.00992 e. The summed E-state index contributed by atoms with van der Waals surface area (Å²) >= 11 is 0. The van der Waals surface area contributed by atoms with E-state index in [-0.39, 0.29) is 5.54 Å². The highest BCUT2D eigenvalue weighted by atomic mass is 15.0. The maximum atomic E-state index is 3.77. The van der Waals surface area contributed by atoms with Gasteiger partial charge >= 0.3 is 0 Å². The molecule has 0 rings (SSSR count). The Morgan fingerprint density at radius 3 is 2.05 bits per heavy atom. The molecule has 0 aromatic carbocycles. The van der Waals surface area contributed by atoms with Gasteiger partial charge in [0.15, 0.2) is 0 Å². The lowest BCUT2D eigenvalue weighted by molar-refractivity contribution is 0.281. The van der Waals surface area contributed by atoms with Gasteiger partial charge in [-0.25, -0.2) is 0 Å². The first kappa shape index (κ1) is 19.9. The van der Waals surface area contributed by atoms with Crippen LogP contribution in [0.25, 0.3) is 0 Å². The normalized spacial score (nSPS) is 15.6. The Morgan fingerprint density at radius 1 is 0.900 bits per heavy atom. The molecule has 0 aromatic heterocycles. The number of hydrogen-bond acceptors (Lipinski definition) is 2. The predicted octanol–water partition coefficient (Wildman–Crippen LogP) is 4.74. The fourth-order valence-electron chi connectivity index (χ4n) is 2.60. The van der Waals surface area contributed by atoms with Crippen molar-refractivity contribution in [2.24, 2.45) is 5.92 Å². The van der Waals surface area contributed by atoms with Crippen molar-refractivity contribution in [3.63, 3.8) is 0 Å². The summed E-state index contributed by atoms with van der Waals surface area (Å²) in [6.07, 6.45) is 7.88. The van der Waals surface area contributed by atoms with Gasteiger partial charge in [-0.2, -0.15) is 0 Å². The third-order valence-electron chi connectivity index (χ3n) is 3.85. The molecule has 0 aliphatic rings. The lowest BCUT2D eigenvalue weighted by atomic mass is 9.94. The topological polar surface area (TPSA) is 24.1 Å². The van der Waals surface area contributed by atoms with Gasteiger partial charge in [0.2, 0.25) is 0 Å². The SMILES string of the molecule is CCCCCNC(C)CCCC(NC(C)(C)C)C(C)C. The minimum absolute atomic E-state index is 0.221. The Bertz CT molecular complexity index is 218. The summed E-state index contributed by atoms with van der Waals surface area (Å²) in [5.41, 5.74) is 0.221. The Hall–Kier alpha value is -0.0800. The van der Waals surface area contributed by atoms with E-state index in [4.69, 9.17) is 0 Å². The summed E-state index contributed by atoms with van der Waals surface area (Å²) in [6, 6.07) is 1.30. The lowest BCUT2D eigenvalue weighted by Crippen LogP contribution is -2.46. The molecule has 2 unspecified atom stereocenters. The molecule has 2 N–H and O–H groups in total. The van der Waals surface area contributed by atoms with Crippen molar-refractivity contribution in [2.75, 3.05) is 6.54 Å². The second-order valence-corrected chi connectivity index (χ2v) is 7.74. The Kier molecular flexibility index (Phi) is 10.6. The van der Waals surface area contributed by atoms with Crippen molar-refractivity contribution in [1.82, 2.24) is 10.6 Å². The molecule has 0 fully saturated rings. The van der Waals surface area contributed by atoms with E-state index < -0.39 is 0 Å². The van der Waals surface area contributed by atoms with E-state index >= 15 is 0 Å². The molecule has 0 aromatic rings. The van der Waals surface area contributed by atoms with Gasteiger partial charge in [0, 0.05) is 17.6 Å². The summed E-state index contributed by atoms with van der Waals surface area (Å²) in [5, 5.41) is 7.42. The fraction of sp³-hybridized carbons (Fsp3) is 1.00. The van der Waals surface area contributed by atoms with E-state index in [9.17, 15) is 0 Å². The summed E-state index contributed by atoms with van der Waals surface area (Å²) in [4.78, 5) is 0. The fourth-order valence-corrected chi connectivity index (χ4v) is 2.60. The van der Waals surface area contributed by atoms with Crippen LogP contribution in [0.1, 0.15) is 87.0 Å². The zero-order valence-electron chi connectivity index (χ0n) is 15.2. The highest BCUT2D eigenvalue weighted by Gasteiger charge is 2.19. The van der Waals surface area contributed by atoms with Gasteiger partial charge in [-0.05, 0) is 59.4 Å². The molecule has 2 nitrogen and oxygen atoms in total. The van der Waals surface area contributed by atoms with Crippen molar-refractivity contribution in [2.45, 2.75) is 105 Å². The molecule has 0 amide bonds. The van der Waals surface area contributed by atoms with E-state index in [1.807, 2.05) is 0 Å². The number of nitrogens with one attached hydrogen (secondary N) is 2. The van der Waals surface area contributed by atoms with Crippen LogP contribution in [0.3, 0.4) is 0 Å². The number of hydrogen-bond donors (Lipinski definition) is 2. The first-order valence-corrected chi connectivity index (χ1v) is 8.77. The van der Waals surface area contributed by atoms with Crippen LogP contribution in [0.2, 0.25) is 0 Å². The monoisotopic (exact) mass is 284 g/mol. The highest BCUT2D eigenvalue weighted by Crippen LogP contribution is 2.15. The molecule has 0 saturated heterocycles. The first-order valence-electron chi connectivity index (χ1n) is 8.77. The van der Waals surface area contributed by atoms with Crippen molar-refractivity contribution in [3.05, 3.63) is 0 Å². The molecule has 0 aliphatic carbocycles. The lowest BCUT2D eigenvalue weighted by Gasteiger charge is -2.31. The van der Waals surface area contributed by atoms with Crippen LogP contribution in [0, 0.1) is 5.92 Å². The van der Waals surface area contributed by atoms with Gasteiger partial charge in [0.05, 0.1) is 0 Å². The van der Waals surface area contributed by atoms with Crippen LogP contribution < -0.4 is 10.6 Å². The van der Waals surface area contributed by atoms with Gasteiger partial charge in [-0.1, -0.05) is 40.0 Å². The van der Waals surface area contributed by atoms with E-state index in [1.54, 1.807) is 0 Å². The van der Waals surface area contributed by atoms with Crippen LogP contribution in [0.5, 0.6) is 0 Å². The minimum Gasteiger partial charge on any atom is -0.314 e. The van der Waals surface area contributed by atoms with E-state index in [1.165, 1.54) is 45.1 Å². The molecule has 2 heteroatoms. The molecule has 0 radical (unpaired) electrons. The van der Waals surface area contributed by atoms with Crippen molar-refractivity contribution in [1.29, 1.82) is 0 Å². The minimum atomic E-state index is 0.221.